The van der Waals surface area contributed by atoms with Gasteiger partial charge in [-0.15, -0.1) is 0 Å². The Kier molecular flexibility index (Phi) is 4.25. The number of hydrogen-bond acceptors (Lipinski definition) is 3. The standard InChI is InChI=1S/C17H27N3/c1-13(2)18-12-15-7-5-9-17(19-15)20-11-10-14-6-3-4-8-16(14)20/h5,7,9,13-14,16,18H,3-4,6,8,10-12H2,1-2H3. The lowest BCUT2D eigenvalue weighted by Crippen LogP contribution is -2.35. The molecule has 3 heteroatoms. The first-order valence-corrected chi connectivity index (χ1v) is 8.20. The zero-order valence-electron chi connectivity index (χ0n) is 12.8. The number of nitrogens with zero attached hydrogens (tertiary/aromatic N) is 2. The van der Waals surface area contributed by atoms with Gasteiger partial charge in [0.15, 0.2) is 0 Å². The zero-order chi connectivity index (χ0) is 13.9. The van der Waals surface area contributed by atoms with Crippen molar-refractivity contribution in [3.05, 3.63) is 23.9 Å². The van der Waals surface area contributed by atoms with Crippen LogP contribution in [0.15, 0.2) is 18.2 Å². The Labute approximate surface area is 122 Å². The van der Waals surface area contributed by atoms with Crippen molar-refractivity contribution in [2.45, 2.75) is 64.6 Å². The van der Waals surface area contributed by atoms with E-state index >= 15 is 0 Å². The van der Waals surface area contributed by atoms with Crippen LogP contribution in [0.5, 0.6) is 0 Å². The van der Waals surface area contributed by atoms with Gasteiger partial charge in [-0.2, -0.15) is 0 Å². The average molecular weight is 273 g/mol. The van der Waals surface area contributed by atoms with E-state index in [2.05, 4.69) is 42.3 Å². The molecule has 110 valence electrons. The molecule has 0 amide bonds. The Morgan fingerprint density at radius 1 is 1.25 bits per heavy atom. The topological polar surface area (TPSA) is 28.2 Å². The van der Waals surface area contributed by atoms with Gasteiger partial charge in [0, 0.05) is 25.2 Å². The van der Waals surface area contributed by atoms with Gasteiger partial charge in [0.05, 0.1) is 5.69 Å². The van der Waals surface area contributed by atoms with Crippen molar-refractivity contribution in [3.8, 4) is 0 Å². The third-order valence-corrected chi connectivity index (χ3v) is 4.79. The van der Waals surface area contributed by atoms with Crippen molar-refractivity contribution in [1.29, 1.82) is 0 Å². The van der Waals surface area contributed by atoms with Crippen LogP contribution in [0.25, 0.3) is 0 Å². The highest BCUT2D eigenvalue weighted by Gasteiger charge is 2.36. The summed E-state index contributed by atoms with van der Waals surface area (Å²) >= 11 is 0. The first-order chi connectivity index (χ1) is 9.74. The smallest absolute Gasteiger partial charge is 0.129 e. The van der Waals surface area contributed by atoms with Crippen LogP contribution in [0.1, 0.15) is 51.6 Å². The number of rotatable bonds is 4. The third kappa shape index (κ3) is 2.98. The summed E-state index contributed by atoms with van der Waals surface area (Å²) in [5, 5.41) is 3.45. The molecule has 2 unspecified atom stereocenters. The minimum Gasteiger partial charge on any atom is -0.353 e. The molecule has 0 radical (unpaired) electrons. The number of aromatic nitrogens is 1. The minimum atomic E-state index is 0.509. The zero-order valence-corrected chi connectivity index (χ0v) is 12.8. The first kappa shape index (κ1) is 13.9. The van der Waals surface area contributed by atoms with Crippen LogP contribution in [0.3, 0.4) is 0 Å². The lowest BCUT2D eigenvalue weighted by Gasteiger charge is -2.32. The largest absolute Gasteiger partial charge is 0.353 e. The van der Waals surface area contributed by atoms with Gasteiger partial charge in [-0.1, -0.05) is 32.8 Å². The normalized spacial score (nSPS) is 26.1. The fraction of sp³-hybridized carbons (Fsp3) is 0.706. The second-order valence-electron chi connectivity index (χ2n) is 6.62. The molecule has 2 heterocycles. The van der Waals surface area contributed by atoms with Gasteiger partial charge in [0.1, 0.15) is 5.82 Å². The molecular formula is C17H27N3. The minimum absolute atomic E-state index is 0.509. The van der Waals surface area contributed by atoms with Crippen LogP contribution >= 0.6 is 0 Å². The Hall–Kier alpha value is -1.09. The van der Waals surface area contributed by atoms with E-state index in [1.54, 1.807) is 0 Å². The second-order valence-corrected chi connectivity index (χ2v) is 6.62. The fourth-order valence-corrected chi connectivity index (χ4v) is 3.72. The highest BCUT2D eigenvalue weighted by Crippen LogP contribution is 2.38. The van der Waals surface area contributed by atoms with Crippen LogP contribution in [-0.4, -0.2) is 23.6 Å². The van der Waals surface area contributed by atoms with E-state index in [0.717, 1.165) is 24.2 Å². The van der Waals surface area contributed by atoms with Crippen molar-refractivity contribution in [2.75, 3.05) is 11.4 Å². The Balaban J connectivity index is 1.71. The summed E-state index contributed by atoms with van der Waals surface area (Å²) in [4.78, 5) is 7.45. The molecule has 2 atom stereocenters. The SMILES string of the molecule is CC(C)NCc1cccc(N2CCC3CCCCC32)n1. The summed E-state index contributed by atoms with van der Waals surface area (Å²) in [6.45, 7) is 6.42. The predicted octanol–water partition coefficient (Wildman–Crippen LogP) is 3.35. The van der Waals surface area contributed by atoms with Crippen molar-refractivity contribution < 1.29 is 0 Å². The van der Waals surface area contributed by atoms with Crippen LogP contribution in [-0.2, 0) is 6.54 Å². The van der Waals surface area contributed by atoms with Crippen LogP contribution < -0.4 is 10.2 Å². The number of hydrogen-bond donors (Lipinski definition) is 1. The quantitative estimate of drug-likeness (QED) is 0.912. The molecule has 3 rings (SSSR count). The molecule has 2 aliphatic rings. The number of anilines is 1. The van der Waals surface area contributed by atoms with Gasteiger partial charge in [-0.25, -0.2) is 4.98 Å². The Bertz CT molecular complexity index is 444. The average Bonchev–Trinajstić information content (AvgIpc) is 2.89. The van der Waals surface area contributed by atoms with Crippen molar-refractivity contribution >= 4 is 5.82 Å². The third-order valence-electron chi connectivity index (χ3n) is 4.79. The predicted molar refractivity (Wildman–Crippen MR) is 83.9 cm³/mol. The Morgan fingerprint density at radius 2 is 2.10 bits per heavy atom. The maximum atomic E-state index is 4.88. The lowest BCUT2D eigenvalue weighted by molar-refractivity contribution is 0.341. The summed E-state index contributed by atoms with van der Waals surface area (Å²) in [6, 6.07) is 7.75. The molecule has 20 heavy (non-hydrogen) atoms. The first-order valence-electron chi connectivity index (χ1n) is 8.20. The molecule has 0 bridgehead atoms. The Morgan fingerprint density at radius 3 is 2.95 bits per heavy atom. The van der Waals surface area contributed by atoms with Gasteiger partial charge >= 0.3 is 0 Å². The molecule has 1 aromatic heterocycles. The van der Waals surface area contributed by atoms with Crippen molar-refractivity contribution in [2.24, 2.45) is 5.92 Å². The molecule has 0 aromatic carbocycles. The van der Waals surface area contributed by atoms with E-state index in [1.165, 1.54) is 44.5 Å². The molecule has 0 spiro atoms. The summed E-state index contributed by atoms with van der Waals surface area (Å²) in [7, 11) is 0. The van der Waals surface area contributed by atoms with Crippen molar-refractivity contribution in [3.63, 3.8) is 0 Å². The van der Waals surface area contributed by atoms with Gasteiger partial charge in [0.25, 0.3) is 0 Å². The fourth-order valence-electron chi connectivity index (χ4n) is 3.72. The molecule has 1 saturated carbocycles. The maximum Gasteiger partial charge on any atom is 0.129 e. The van der Waals surface area contributed by atoms with Gasteiger partial charge in [0.2, 0.25) is 0 Å². The summed E-state index contributed by atoms with van der Waals surface area (Å²) in [5.41, 5.74) is 1.16. The summed E-state index contributed by atoms with van der Waals surface area (Å²) in [5.74, 6) is 2.12. The molecule has 1 saturated heterocycles. The maximum absolute atomic E-state index is 4.88. The number of nitrogens with one attached hydrogen (secondary N) is 1. The molecule has 1 aromatic rings. The van der Waals surface area contributed by atoms with Crippen molar-refractivity contribution in [1.82, 2.24) is 10.3 Å². The van der Waals surface area contributed by atoms with E-state index < -0.39 is 0 Å². The van der Waals surface area contributed by atoms with E-state index in [0.29, 0.717) is 6.04 Å². The van der Waals surface area contributed by atoms with Crippen LogP contribution in [0.4, 0.5) is 5.82 Å². The monoisotopic (exact) mass is 273 g/mol. The van der Waals surface area contributed by atoms with E-state index in [4.69, 9.17) is 4.98 Å². The summed E-state index contributed by atoms with van der Waals surface area (Å²) in [6.07, 6.45) is 6.98. The highest BCUT2D eigenvalue weighted by molar-refractivity contribution is 5.42. The highest BCUT2D eigenvalue weighted by atomic mass is 15.2. The number of fused-ring (bicyclic) bond motifs is 1. The molecule has 2 fully saturated rings. The number of pyridine rings is 1. The molecule has 1 N–H and O–H groups in total. The lowest BCUT2D eigenvalue weighted by atomic mass is 9.85. The molecule has 3 nitrogen and oxygen atoms in total. The summed E-state index contributed by atoms with van der Waals surface area (Å²) < 4.78 is 0. The molecule has 1 aliphatic carbocycles. The van der Waals surface area contributed by atoms with E-state index in [1.807, 2.05) is 0 Å². The second kappa shape index (κ2) is 6.13. The molecular weight excluding hydrogens is 246 g/mol. The van der Waals surface area contributed by atoms with Gasteiger partial charge in [-0.3, -0.25) is 0 Å². The van der Waals surface area contributed by atoms with E-state index in [-0.39, 0.29) is 0 Å². The van der Waals surface area contributed by atoms with Crippen LogP contribution in [0.2, 0.25) is 0 Å². The van der Waals surface area contributed by atoms with Gasteiger partial charge < -0.3 is 10.2 Å². The van der Waals surface area contributed by atoms with Crippen LogP contribution in [0, 0.1) is 5.92 Å². The van der Waals surface area contributed by atoms with Gasteiger partial charge in [-0.05, 0) is 37.3 Å². The molecule has 1 aliphatic heterocycles. The van der Waals surface area contributed by atoms with E-state index in [9.17, 15) is 0 Å².